The molecule has 11 heavy (non-hydrogen) atoms. The van der Waals surface area contributed by atoms with E-state index in [0.717, 1.165) is 5.75 Å². The van der Waals surface area contributed by atoms with Crippen molar-refractivity contribution in [1.29, 1.82) is 0 Å². The SMILES string of the molecule is BrCOc1cccnc1.NN. The van der Waals surface area contributed by atoms with Gasteiger partial charge in [-0.15, -0.1) is 0 Å². The molecular formula is C6H10BrN3O. The van der Waals surface area contributed by atoms with Crippen LogP contribution in [0.3, 0.4) is 0 Å². The van der Waals surface area contributed by atoms with Crippen molar-refractivity contribution in [3.63, 3.8) is 0 Å². The average Bonchev–Trinajstić information content (AvgIpc) is 2.11. The maximum Gasteiger partial charge on any atom is 0.143 e. The highest BCUT2D eigenvalue weighted by Crippen LogP contribution is 2.06. The number of ether oxygens (including phenoxy) is 1. The Morgan fingerprint density at radius 2 is 2.27 bits per heavy atom. The molecule has 1 heterocycles. The molecule has 1 aromatic heterocycles. The minimum atomic E-state index is 0.513. The normalized spacial score (nSPS) is 7.91. The summed E-state index contributed by atoms with van der Waals surface area (Å²) in [7, 11) is 0. The number of hydrogen-bond donors (Lipinski definition) is 2. The molecular weight excluding hydrogens is 210 g/mol. The molecule has 0 fully saturated rings. The summed E-state index contributed by atoms with van der Waals surface area (Å²) in [6, 6.07) is 3.69. The largest absolute Gasteiger partial charge is 0.481 e. The molecule has 0 spiro atoms. The third-order valence-electron chi connectivity index (χ3n) is 0.856. The Morgan fingerprint density at radius 3 is 2.73 bits per heavy atom. The fourth-order valence-electron chi connectivity index (χ4n) is 0.495. The summed E-state index contributed by atoms with van der Waals surface area (Å²) >= 11 is 3.14. The van der Waals surface area contributed by atoms with E-state index >= 15 is 0 Å². The van der Waals surface area contributed by atoms with E-state index in [1.54, 1.807) is 12.4 Å². The molecule has 0 saturated carbocycles. The van der Waals surface area contributed by atoms with Gasteiger partial charge < -0.3 is 4.74 Å². The maximum absolute atomic E-state index is 5.06. The van der Waals surface area contributed by atoms with Crippen molar-refractivity contribution in [1.82, 2.24) is 4.98 Å². The third kappa shape index (κ3) is 4.72. The summed E-state index contributed by atoms with van der Waals surface area (Å²) in [5.41, 5.74) is 0.513. The molecule has 0 aromatic carbocycles. The number of rotatable bonds is 2. The summed E-state index contributed by atoms with van der Waals surface area (Å²) in [5.74, 6) is 8.79. The number of hydrogen-bond acceptors (Lipinski definition) is 4. The number of aromatic nitrogens is 1. The molecule has 1 rings (SSSR count). The standard InChI is InChI=1S/C6H6BrNO.H4N2/c7-5-9-6-2-1-3-8-4-6;1-2/h1-4H,5H2;1-2H2. The zero-order chi connectivity index (χ0) is 8.53. The Morgan fingerprint density at radius 1 is 1.55 bits per heavy atom. The first-order chi connectivity index (χ1) is 5.43. The fourth-order valence-corrected chi connectivity index (χ4v) is 0.760. The second-order valence-electron chi connectivity index (χ2n) is 1.44. The monoisotopic (exact) mass is 219 g/mol. The maximum atomic E-state index is 5.06. The van der Waals surface area contributed by atoms with Crippen LogP contribution in [0, 0.1) is 0 Å². The topological polar surface area (TPSA) is 74.2 Å². The summed E-state index contributed by atoms with van der Waals surface area (Å²) in [6.07, 6.45) is 3.38. The highest BCUT2D eigenvalue weighted by molar-refractivity contribution is 9.09. The number of alkyl halides is 1. The summed E-state index contributed by atoms with van der Waals surface area (Å²) in [5, 5.41) is 0. The van der Waals surface area contributed by atoms with E-state index in [4.69, 9.17) is 4.74 Å². The van der Waals surface area contributed by atoms with Crippen LogP contribution >= 0.6 is 15.9 Å². The molecule has 0 aliphatic carbocycles. The van der Waals surface area contributed by atoms with E-state index in [-0.39, 0.29) is 0 Å². The molecule has 62 valence electrons. The summed E-state index contributed by atoms with van der Waals surface area (Å²) < 4.78 is 5.06. The highest BCUT2D eigenvalue weighted by Gasteiger charge is 1.85. The van der Waals surface area contributed by atoms with Crippen molar-refractivity contribution in [2.75, 3.05) is 5.52 Å². The molecule has 0 aliphatic rings. The summed E-state index contributed by atoms with van der Waals surface area (Å²) in [4.78, 5) is 3.86. The van der Waals surface area contributed by atoms with E-state index in [2.05, 4.69) is 32.6 Å². The molecule has 0 atom stereocenters. The van der Waals surface area contributed by atoms with Crippen molar-refractivity contribution in [3.05, 3.63) is 24.5 Å². The molecule has 4 nitrogen and oxygen atoms in total. The van der Waals surface area contributed by atoms with Crippen molar-refractivity contribution in [3.8, 4) is 5.75 Å². The lowest BCUT2D eigenvalue weighted by atomic mass is 10.5. The number of nitrogens with zero attached hydrogens (tertiary/aromatic N) is 1. The van der Waals surface area contributed by atoms with Gasteiger partial charge in [-0.1, -0.05) is 0 Å². The van der Waals surface area contributed by atoms with Gasteiger partial charge in [-0.05, 0) is 28.1 Å². The number of hydrazine groups is 1. The van der Waals surface area contributed by atoms with Crippen LogP contribution in [0.1, 0.15) is 0 Å². The van der Waals surface area contributed by atoms with Crippen LogP contribution in [0.4, 0.5) is 0 Å². The van der Waals surface area contributed by atoms with Gasteiger partial charge in [0.05, 0.1) is 6.20 Å². The quantitative estimate of drug-likeness (QED) is 0.435. The molecule has 0 amide bonds. The summed E-state index contributed by atoms with van der Waals surface area (Å²) in [6.45, 7) is 0. The minimum Gasteiger partial charge on any atom is -0.481 e. The number of pyridine rings is 1. The van der Waals surface area contributed by atoms with Gasteiger partial charge >= 0.3 is 0 Å². The smallest absolute Gasteiger partial charge is 0.143 e. The minimum absolute atomic E-state index is 0.513. The second kappa shape index (κ2) is 7.46. The van der Waals surface area contributed by atoms with E-state index in [1.165, 1.54) is 0 Å². The number of nitrogens with two attached hydrogens (primary N) is 2. The first-order valence-electron chi connectivity index (χ1n) is 2.85. The van der Waals surface area contributed by atoms with Crippen LogP contribution in [0.5, 0.6) is 5.75 Å². The van der Waals surface area contributed by atoms with Gasteiger partial charge in [0, 0.05) is 6.20 Å². The molecule has 0 bridgehead atoms. The predicted molar refractivity (Wildman–Crippen MR) is 47.0 cm³/mol. The second-order valence-corrected chi connectivity index (χ2v) is 1.90. The van der Waals surface area contributed by atoms with Gasteiger partial charge in [0.1, 0.15) is 11.3 Å². The van der Waals surface area contributed by atoms with Crippen molar-refractivity contribution in [2.24, 2.45) is 11.7 Å². The van der Waals surface area contributed by atoms with Crippen molar-refractivity contribution < 1.29 is 4.74 Å². The lowest BCUT2D eigenvalue weighted by molar-refractivity contribution is 0.396. The van der Waals surface area contributed by atoms with Gasteiger partial charge in [-0.2, -0.15) is 0 Å². The Kier molecular flexibility index (Phi) is 7.02. The van der Waals surface area contributed by atoms with Crippen LogP contribution < -0.4 is 16.4 Å². The lowest BCUT2D eigenvalue weighted by Gasteiger charge is -1.97. The Balaban J connectivity index is 0.000000461. The van der Waals surface area contributed by atoms with Crippen LogP contribution in [0.2, 0.25) is 0 Å². The van der Waals surface area contributed by atoms with Gasteiger partial charge in [0.2, 0.25) is 0 Å². The molecule has 0 radical (unpaired) electrons. The Bertz CT molecular complexity index is 171. The Labute approximate surface area is 73.7 Å². The Hall–Kier alpha value is -0.650. The van der Waals surface area contributed by atoms with Gasteiger partial charge in [-0.25, -0.2) is 0 Å². The first kappa shape index (κ1) is 10.3. The first-order valence-corrected chi connectivity index (χ1v) is 3.98. The predicted octanol–water partition coefficient (Wildman–Crippen LogP) is 0.632. The van der Waals surface area contributed by atoms with Crippen LogP contribution in [-0.4, -0.2) is 10.5 Å². The van der Waals surface area contributed by atoms with Crippen LogP contribution in [-0.2, 0) is 0 Å². The molecule has 5 heteroatoms. The third-order valence-corrected chi connectivity index (χ3v) is 1.08. The molecule has 4 N–H and O–H groups in total. The molecule has 1 aromatic rings. The molecule has 0 saturated heterocycles. The van der Waals surface area contributed by atoms with E-state index in [9.17, 15) is 0 Å². The highest BCUT2D eigenvalue weighted by atomic mass is 79.9. The van der Waals surface area contributed by atoms with Crippen LogP contribution in [0.25, 0.3) is 0 Å². The van der Waals surface area contributed by atoms with Gasteiger partial charge in [-0.3, -0.25) is 16.7 Å². The van der Waals surface area contributed by atoms with E-state index in [0.29, 0.717) is 5.52 Å². The number of halogens is 1. The molecule has 0 aliphatic heterocycles. The lowest BCUT2D eigenvalue weighted by Crippen LogP contribution is -2.02. The van der Waals surface area contributed by atoms with E-state index in [1.807, 2.05) is 12.1 Å². The molecule has 0 unspecified atom stereocenters. The zero-order valence-corrected chi connectivity index (χ0v) is 7.49. The van der Waals surface area contributed by atoms with Crippen molar-refractivity contribution >= 4 is 15.9 Å². The average molecular weight is 220 g/mol. The van der Waals surface area contributed by atoms with E-state index < -0.39 is 0 Å². The zero-order valence-electron chi connectivity index (χ0n) is 5.90. The van der Waals surface area contributed by atoms with Crippen LogP contribution in [0.15, 0.2) is 24.5 Å². The van der Waals surface area contributed by atoms with Gasteiger partial charge in [0.15, 0.2) is 0 Å². The van der Waals surface area contributed by atoms with Gasteiger partial charge in [0.25, 0.3) is 0 Å². The fraction of sp³-hybridized carbons (Fsp3) is 0.167. The van der Waals surface area contributed by atoms with Crippen molar-refractivity contribution in [2.45, 2.75) is 0 Å².